The molecule has 6 heteroatoms. The lowest BCUT2D eigenvalue weighted by Gasteiger charge is -2.01. The van der Waals surface area contributed by atoms with Crippen LogP contribution >= 0.6 is 0 Å². The number of nitrogens with zero attached hydrogens (tertiary/aromatic N) is 1. The summed E-state index contributed by atoms with van der Waals surface area (Å²) in [6.45, 7) is 3.11. The molecule has 0 radical (unpaired) electrons. The van der Waals surface area contributed by atoms with Gasteiger partial charge in [0.1, 0.15) is 0 Å². The number of hydrogen-bond donors (Lipinski definition) is 0. The average molecular weight is 211 g/mol. The molecule has 0 saturated carbocycles. The van der Waals surface area contributed by atoms with Gasteiger partial charge in [-0.25, -0.2) is 9.18 Å². The maximum absolute atomic E-state index is 13.0. The van der Waals surface area contributed by atoms with E-state index in [0.29, 0.717) is 0 Å². The first-order chi connectivity index (χ1) is 7.04. The summed E-state index contributed by atoms with van der Waals surface area (Å²) in [4.78, 5) is 20.4. The number of benzene rings is 1. The van der Waals surface area contributed by atoms with Gasteiger partial charge in [0, 0.05) is 12.1 Å². The van der Waals surface area contributed by atoms with E-state index in [-0.39, 0.29) is 5.69 Å². The van der Waals surface area contributed by atoms with Crippen molar-refractivity contribution in [2.75, 3.05) is 0 Å². The van der Waals surface area contributed by atoms with E-state index in [2.05, 4.69) is 11.3 Å². The zero-order valence-electron chi connectivity index (χ0n) is 7.47. The molecule has 0 aliphatic carbocycles. The van der Waals surface area contributed by atoms with Crippen LogP contribution in [0.2, 0.25) is 0 Å². The first-order valence-electron chi connectivity index (χ1n) is 3.83. The van der Waals surface area contributed by atoms with Crippen LogP contribution in [0.5, 0.6) is 5.75 Å². The Morgan fingerprint density at radius 2 is 2.27 bits per heavy atom. The summed E-state index contributed by atoms with van der Waals surface area (Å²) in [5.74, 6) is -2.22. The van der Waals surface area contributed by atoms with E-state index in [4.69, 9.17) is 0 Å². The van der Waals surface area contributed by atoms with E-state index >= 15 is 0 Å². The van der Waals surface area contributed by atoms with Crippen LogP contribution < -0.4 is 4.74 Å². The molecule has 5 nitrogen and oxygen atoms in total. The zero-order chi connectivity index (χ0) is 11.4. The molecule has 0 heterocycles. The zero-order valence-corrected chi connectivity index (χ0v) is 7.47. The van der Waals surface area contributed by atoms with E-state index in [1.165, 1.54) is 0 Å². The van der Waals surface area contributed by atoms with Gasteiger partial charge in [-0.1, -0.05) is 6.58 Å². The van der Waals surface area contributed by atoms with Gasteiger partial charge in [0.05, 0.1) is 11.0 Å². The minimum atomic E-state index is -0.880. The molecule has 15 heavy (non-hydrogen) atoms. The molecule has 0 aromatic heterocycles. The number of hydrogen-bond acceptors (Lipinski definition) is 4. The number of esters is 1. The Bertz CT molecular complexity index is 430. The molecule has 0 aliphatic rings. The topological polar surface area (TPSA) is 69.4 Å². The van der Waals surface area contributed by atoms with Crippen molar-refractivity contribution >= 4 is 11.7 Å². The SMILES string of the molecule is C=CC(=O)Oc1cc([N+](=O)[O-])ccc1F. The largest absolute Gasteiger partial charge is 0.420 e. The summed E-state index contributed by atoms with van der Waals surface area (Å²) >= 11 is 0. The lowest BCUT2D eigenvalue weighted by Crippen LogP contribution is -2.05. The van der Waals surface area contributed by atoms with Gasteiger partial charge in [0.25, 0.3) is 5.69 Å². The minimum absolute atomic E-state index is 0.358. The lowest BCUT2D eigenvalue weighted by atomic mass is 10.3. The fraction of sp³-hybridized carbons (Fsp3) is 0. The fourth-order valence-corrected chi connectivity index (χ4v) is 0.834. The van der Waals surface area contributed by atoms with E-state index in [0.717, 1.165) is 24.3 Å². The molecule has 0 spiro atoms. The van der Waals surface area contributed by atoms with Crippen LogP contribution in [-0.2, 0) is 4.79 Å². The van der Waals surface area contributed by atoms with Crippen LogP contribution in [0.4, 0.5) is 10.1 Å². The van der Waals surface area contributed by atoms with Crippen molar-refractivity contribution in [3.63, 3.8) is 0 Å². The van der Waals surface area contributed by atoms with Crippen molar-refractivity contribution in [1.82, 2.24) is 0 Å². The normalized spacial score (nSPS) is 9.40. The maximum Gasteiger partial charge on any atom is 0.335 e. The van der Waals surface area contributed by atoms with Crippen LogP contribution in [0.3, 0.4) is 0 Å². The van der Waals surface area contributed by atoms with Crippen LogP contribution in [0.25, 0.3) is 0 Å². The van der Waals surface area contributed by atoms with Gasteiger partial charge in [-0.3, -0.25) is 10.1 Å². The van der Waals surface area contributed by atoms with Gasteiger partial charge in [-0.05, 0) is 6.07 Å². The molecule has 78 valence electrons. The van der Waals surface area contributed by atoms with E-state index < -0.39 is 22.5 Å². The van der Waals surface area contributed by atoms with Crippen LogP contribution in [0.15, 0.2) is 30.9 Å². The summed E-state index contributed by atoms with van der Waals surface area (Å²) in [6, 6.07) is 2.65. The summed E-state index contributed by atoms with van der Waals surface area (Å²) in [5.41, 5.74) is -0.358. The quantitative estimate of drug-likeness (QED) is 0.251. The highest BCUT2D eigenvalue weighted by molar-refractivity contribution is 5.83. The van der Waals surface area contributed by atoms with E-state index in [1.54, 1.807) is 0 Å². The third-order valence-corrected chi connectivity index (χ3v) is 1.50. The van der Waals surface area contributed by atoms with Gasteiger partial charge in [0.15, 0.2) is 11.6 Å². The van der Waals surface area contributed by atoms with Crippen molar-refractivity contribution in [2.24, 2.45) is 0 Å². The van der Waals surface area contributed by atoms with Gasteiger partial charge in [0.2, 0.25) is 0 Å². The van der Waals surface area contributed by atoms with Crippen LogP contribution in [0, 0.1) is 15.9 Å². The van der Waals surface area contributed by atoms with Crippen LogP contribution in [0.1, 0.15) is 0 Å². The molecule has 0 aliphatic heterocycles. The Kier molecular flexibility index (Phi) is 3.12. The number of ether oxygens (including phenoxy) is 1. The number of carbonyl (C=O) groups excluding carboxylic acids is 1. The Morgan fingerprint density at radius 1 is 1.60 bits per heavy atom. The molecule has 0 fully saturated rings. The van der Waals surface area contributed by atoms with Gasteiger partial charge < -0.3 is 4.74 Å². The molecule has 0 N–H and O–H groups in total. The van der Waals surface area contributed by atoms with Crippen molar-refractivity contribution in [1.29, 1.82) is 0 Å². The van der Waals surface area contributed by atoms with Gasteiger partial charge in [-0.2, -0.15) is 0 Å². The average Bonchev–Trinajstić information content (AvgIpc) is 2.20. The standard InChI is InChI=1S/C9H6FNO4/c1-2-9(12)15-8-5-6(11(13)14)3-4-7(8)10/h2-5H,1H2. The summed E-state index contributed by atoms with van der Waals surface area (Å²) in [6.07, 6.45) is 0.832. The molecule has 0 atom stereocenters. The predicted molar refractivity (Wildman–Crippen MR) is 48.9 cm³/mol. The van der Waals surface area contributed by atoms with Gasteiger partial charge >= 0.3 is 5.97 Å². The number of nitro groups is 1. The van der Waals surface area contributed by atoms with Crippen LogP contribution in [-0.4, -0.2) is 10.9 Å². The molecular formula is C9H6FNO4. The van der Waals surface area contributed by atoms with Crippen molar-refractivity contribution in [3.05, 3.63) is 46.8 Å². The maximum atomic E-state index is 13.0. The fourth-order valence-electron chi connectivity index (χ4n) is 0.834. The molecule has 0 bridgehead atoms. The Labute approximate surface area is 83.9 Å². The second-order valence-corrected chi connectivity index (χ2v) is 2.50. The molecular weight excluding hydrogens is 205 g/mol. The highest BCUT2D eigenvalue weighted by Crippen LogP contribution is 2.23. The number of nitro benzene ring substituents is 1. The Balaban J connectivity index is 3.05. The van der Waals surface area contributed by atoms with E-state index in [9.17, 15) is 19.3 Å². The lowest BCUT2D eigenvalue weighted by molar-refractivity contribution is -0.385. The van der Waals surface area contributed by atoms with Crippen molar-refractivity contribution in [3.8, 4) is 5.75 Å². The Hall–Kier alpha value is -2.24. The number of rotatable bonds is 3. The molecule has 0 unspecified atom stereocenters. The molecule has 1 aromatic carbocycles. The highest BCUT2D eigenvalue weighted by atomic mass is 19.1. The second-order valence-electron chi connectivity index (χ2n) is 2.50. The summed E-state index contributed by atoms with van der Waals surface area (Å²) < 4.78 is 17.4. The molecule has 1 aromatic rings. The first-order valence-corrected chi connectivity index (χ1v) is 3.83. The predicted octanol–water partition coefficient (Wildman–Crippen LogP) is 1.83. The highest BCUT2D eigenvalue weighted by Gasteiger charge is 2.13. The molecule has 0 amide bonds. The number of halogens is 1. The minimum Gasteiger partial charge on any atom is -0.420 e. The van der Waals surface area contributed by atoms with Crippen molar-refractivity contribution in [2.45, 2.75) is 0 Å². The number of non-ortho nitro benzene ring substituents is 1. The van der Waals surface area contributed by atoms with Gasteiger partial charge in [-0.15, -0.1) is 0 Å². The second kappa shape index (κ2) is 4.32. The summed E-state index contributed by atoms with van der Waals surface area (Å²) in [5, 5.41) is 10.3. The third kappa shape index (κ3) is 2.60. The van der Waals surface area contributed by atoms with E-state index in [1.807, 2.05) is 0 Å². The Morgan fingerprint density at radius 3 is 2.80 bits per heavy atom. The molecule has 1 rings (SSSR count). The number of carbonyl (C=O) groups is 1. The smallest absolute Gasteiger partial charge is 0.335 e. The van der Waals surface area contributed by atoms with Crippen molar-refractivity contribution < 1.29 is 18.8 Å². The molecule has 0 saturated heterocycles. The first kappa shape index (κ1) is 10.8. The summed E-state index contributed by atoms with van der Waals surface area (Å²) in [7, 11) is 0. The third-order valence-electron chi connectivity index (χ3n) is 1.50. The monoisotopic (exact) mass is 211 g/mol.